The average molecular weight is 358 g/mol. The number of hydrogen-bond donors (Lipinski definition) is 1. The second-order valence-electron chi connectivity index (χ2n) is 6.80. The van der Waals surface area contributed by atoms with Crippen molar-refractivity contribution in [3.63, 3.8) is 0 Å². The Bertz CT molecular complexity index is 321. The van der Waals surface area contributed by atoms with Crippen LogP contribution in [0, 0.1) is 0 Å². The molecule has 1 amide bonds. The Hall–Kier alpha value is -1.26. The molecule has 0 spiro atoms. The van der Waals surface area contributed by atoms with Crippen LogP contribution < -0.4 is 5.73 Å². The smallest absolute Gasteiger partial charge is 0.404 e. The van der Waals surface area contributed by atoms with Gasteiger partial charge >= 0.3 is 12.1 Å². The van der Waals surface area contributed by atoms with E-state index in [2.05, 4.69) is 4.74 Å². The number of carbonyl (C=O) groups is 2. The number of hydrogen-bond acceptors (Lipinski definition) is 4. The van der Waals surface area contributed by atoms with E-state index >= 15 is 0 Å². The van der Waals surface area contributed by atoms with Gasteiger partial charge in [-0.2, -0.15) is 0 Å². The summed E-state index contributed by atoms with van der Waals surface area (Å²) in [6, 6.07) is 0. The molecule has 0 bridgehead atoms. The van der Waals surface area contributed by atoms with E-state index in [4.69, 9.17) is 10.5 Å². The first-order valence-electron chi connectivity index (χ1n) is 10.2. The Balaban J connectivity index is 3.03. The number of amides is 1. The van der Waals surface area contributed by atoms with Gasteiger partial charge in [-0.3, -0.25) is 4.79 Å². The van der Waals surface area contributed by atoms with Crippen LogP contribution >= 0.6 is 0 Å². The zero-order valence-electron chi connectivity index (χ0n) is 16.2. The van der Waals surface area contributed by atoms with Gasteiger partial charge < -0.3 is 15.2 Å². The summed E-state index contributed by atoms with van der Waals surface area (Å²) >= 11 is 0. The van der Waals surface area contributed by atoms with Crippen LogP contribution in [-0.2, 0) is 14.3 Å². The first kappa shape index (κ1) is 23.7. The predicted octanol–water partition coefficient (Wildman–Crippen LogP) is 5.50. The Morgan fingerprint density at radius 2 is 1.00 bits per heavy atom. The molecule has 5 nitrogen and oxygen atoms in total. The minimum atomic E-state index is -0.668. The van der Waals surface area contributed by atoms with Crippen molar-refractivity contribution in [2.24, 2.45) is 5.73 Å². The second kappa shape index (κ2) is 19.1. The highest BCUT2D eigenvalue weighted by Crippen LogP contribution is 2.13. The molecule has 0 aromatic carbocycles. The molecule has 0 aromatic rings. The minimum absolute atomic E-state index is 0.0860. The molecule has 0 saturated carbocycles. The number of methoxy groups -OCH3 is 1. The SMILES string of the molecule is COC(=O)CCCCCCCCCCCCCCCCCOC(N)=O. The summed E-state index contributed by atoms with van der Waals surface area (Å²) in [6.45, 7) is 0.459. The first-order chi connectivity index (χ1) is 12.2. The molecule has 0 aromatic heterocycles. The molecule has 0 radical (unpaired) electrons. The zero-order chi connectivity index (χ0) is 18.6. The standard InChI is InChI=1S/C20H39NO4/c1-24-19(22)17-15-13-11-9-7-5-3-2-4-6-8-10-12-14-16-18-25-20(21)23/h2-18H2,1H3,(H2,21,23). The fraction of sp³-hybridized carbons (Fsp3) is 0.900. The Labute approximate surface area is 154 Å². The highest BCUT2D eigenvalue weighted by Gasteiger charge is 1.99. The van der Waals surface area contributed by atoms with E-state index in [0.29, 0.717) is 13.0 Å². The fourth-order valence-electron chi connectivity index (χ4n) is 2.94. The van der Waals surface area contributed by atoms with Gasteiger partial charge in [0.25, 0.3) is 0 Å². The molecule has 0 saturated heterocycles. The van der Waals surface area contributed by atoms with Crippen LogP contribution in [0.4, 0.5) is 4.79 Å². The molecule has 0 rings (SSSR count). The maximum absolute atomic E-state index is 11.0. The van der Waals surface area contributed by atoms with E-state index < -0.39 is 6.09 Å². The number of unbranched alkanes of at least 4 members (excludes halogenated alkanes) is 14. The minimum Gasteiger partial charge on any atom is -0.469 e. The Morgan fingerprint density at radius 1 is 0.640 bits per heavy atom. The molecular weight excluding hydrogens is 318 g/mol. The van der Waals surface area contributed by atoms with Gasteiger partial charge in [0.2, 0.25) is 0 Å². The van der Waals surface area contributed by atoms with Crippen LogP contribution in [0.1, 0.15) is 103 Å². The van der Waals surface area contributed by atoms with Crippen LogP contribution in [0.2, 0.25) is 0 Å². The summed E-state index contributed by atoms with van der Waals surface area (Å²) in [5.74, 6) is -0.0860. The van der Waals surface area contributed by atoms with Gasteiger partial charge in [0.05, 0.1) is 13.7 Å². The maximum Gasteiger partial charge on any atom is 0.404 e. The van der Waals surface area contributed by atoms with Gasteiger partial charge in [0.1, 0.15) is 0 Å². The van der Waals surface area contributed by atoms with Crippen molar-refractivity contribution in [3.8, 4) is 0 Å². The van der Waals surface area contributed by atoms with Crippen LogP contribution in [0.25, 0.3) is 0 Å². The third-order valence-corrected chi connectivity index (χ3v) is 4.50. The fourth-order valence-corrected chi connectivity index (χ4v) is 2.94. The molecule has 25 heavy (non-hydrogen) atoms. The quantitative estimate of drug-likeness (QED) is 0.260. The predicted molar refractivity (Wildman–Crippen MR) is 101 cm³/mol. The maximum atomic E-state index is 11.0. The molecule has 5 heteroatoms. The van der Waals surface area contributed by atoms with Crippen LogP contribution in [0.3, 0.4) is 0 Å². The van der Waals surface area contributed by atoms with Crippen molar-refractivity contribution >= 4 is 12.1 Å². The van der Waals surface area contributed by atoms with E-state index in [-0.39, 0.29) is 5.97 Å². The monoisotopic (exact) mass is 357 g/mol. The van der Waals surface area contributed by atoms with Crippen LogP contribution in [0.15, 0.2) is 0 Å². The summed E-state index contributed by atoms with van der Waals surface area (Å²) < 4.78 is 9.32. The van der Waals surface area contributed by atoms with Crippen molar-refractivity contribution in [1.82, 2.24) is 0 Å². The summed E-state index contributed by atoms with van der Waals surface area (Å²) in [6.07, 6.45) is 18.5. The Morgan fingerprint density at radius 3 is 1.36 bits per heavy atom. The molecule has 0 unspecified atom stereocenters. The van der Waals surface area contributed by atoms with Crippen molar-refractivity contribution in [2.45, 2.75) is 103 Å². The highest BCUT2D eigenvalue weighted by atomic mass is 16.5. The van der Waals surface area contributed by atoms with E-state index in [1.54, 1.807) is 0 Å². The normalized spacial score (nSPS) is 10.6. The molecular formula is C20H39NO4. The van der Waals surface area contributed by atoms with Gasteiger partial charge in [-0.05, 0) is 12.8 Å². The van der Waals surface area contributed by atoms with E-state index in [1.807, 2.05) is 0 Å². The number of esters is 1. The van der Waals surface area contributed by atoms with Gasteiger partial charge in [-0.1, -0.05) is 83.5 Å². The van der Waals surface area contributed by atoms with Gasteiger partial charge in [0.15, 0.2) is 0 Å². The summed E-state index contributed by atoms with van der Waals surface area (Å²) in [5, 5.41) is 0. The number of ether oxygens (including phenoxy) is 2. The highest BCUT2D eigenvalue weighted by molar-refractivity contribution is 5.68. The number of carbonyl (C=O) groups excluding carboxylic acids is 2. The number of primary amides is 1. The molecule has 2 N–H and O–H groups in total. The summed E-state index contributed by atoms with van der Waals surface area (Å²) in [7, 11) is 1.45. The van der Waals surface area contributed by atoms with Gasteiger partial charge in [-0.15, -0.1) is 0 Å². The number of nitrogens with two attached hydrogens (primary N) is 1. The molecule has 0 aliphatic carbocycles. The van der Waals surface area contributed by atoms with E-state index in [0.717, 1.165) is 25.7 Å². The van der Waals surface area contributed by atoms with Gasteiger partial charge in [0, 0.05) is 6.42 Å². The van der Waals surface area contributed by atoms with Crippen LogP contribution in [-0.4, -0.2) is 25.8 Å². The molecule has 148 valence electrons. The van der Waals surface area contributed by atoms with E-state index in [9.17, 15) is 9.59 Å². The lowest BCUT2D eigenvalue weighted by atomic mass is 10.0. The number of rotatable bonds is 18. The summed E-state index contributed by atoms with van der Waals surface area (Å²) in [4.78, 5) is 21.3. The molecule has 0 aliphatic rings. The zero-order valence-corrected chi connectivity index (χ0v) is 16.2. The van der Waals surface area contributed by atoms with E-state index in [1.165, 1.54) is 77.7 Å². The van der Waals surface area contributed by atoms with Crippen molar-refractivity contribution in [3.05, 3.63) is 0 Å². The Kier molecular flexibility index (Phi) is 18.1. The van der Waals surface area contributed by atoms with Crippen molar-refractivity contribution < 1.29 is 19.1 Å². The molecule has 0 aliphatic heterocycles. The molecule has 0 fully saturated rings. The molecule has 0 atom stereocenters. The second-order valence-corrected chi connectivity index (χ2v) is 6.80. The third-order valence-electron chi connectivity index (χ3n) is 4.50. The van der Waals surface area contributed by atoms with Crippen molar-refractivity contribution in [2.75, 3.05) is 13.7 Å². The lowest BCUT2D eigenvalue weighted by Gasteiger charge is -2.04. The third kappa shape index (κ3) is 20.7. The molecule has 0 heterocycles. The lowest BCUT2D eigenvalue weighted by molar-refractivity contribution is -0.140. The first-order valence-corrected chi connectivity index (χ1v) is 10.2. The average Bonchev–Trinajstić information content (AvgIpc) is 2.60. The summed E-state index contributed by atoms with van der Waals surface area (Å²) in [5.41, 5.74) is 4.90. The largest absolute Gasteiger partial charge is 0.469 e. The van der Waals surface area contributed by atoms with Gasteiger partial charge in [-0.25, -0.2) is 4.79 Å². The topological polar surface area (TPSA) is 78.6 Å². The lowest BCUT2D eigenvalue weighted by Crippen LogP contribution is -2.13. The van der Waals surface area contributed by atoms with Crippen molar-refractivity contribution in [1.29, 1.82) is 0 Å². The van der Waals surface area contributed by atoms with Crippen LogP contribution in [0.5, 0.6) is 0 Å².